The van der Waals surface area contributed by atoms with E-state index in [2.05, 4.69) is 36.5 Å². The lowest BCUT2D eigenvalue weighted by molar-refractivity contribution is 0.00627. The van der Waals surface area contributed by atoms with Crippen molar-refractivity contribution in [1.29, 1.82) is 0 Å². The van der Waals surface area contributed by atoms with E-state index in [4.69, 9.17) is 14.2 Å². The van der Waals surface area contributed by atoms with Crippen LogP contribution in [0.5, 0.6) is 11.5 Å². The summed E-state index contributed by atoms with van der Waals surface area (Å²) in [7, 11) is 3.24. The van der Waals surface area contributed by atoms with Gasteiger partial charge in [0, 0.05) is 13.1 Å². The van der Waals surface area contributed by atoms with Gasteiger partial charge in [-0.3, -0.25) is 0 Å². The molecule has 0 heterocycles. The molecule has 0 amide bonds. The smallest absolute Gasteiger partial charge is 0.161 e. The third-order valence-electron chi connectivity index (χ3n) is 5.19. The number of ether oxygens (including phenoxy) is 3. The van der Waals surface area contributed by atoms with E-state index in [1.807, 2.05) is 48.5 Å². The van der Waals surface area contributed by atoms with Crippen molar-refractivity contribution in [1.82, 2.24) is 5.32 Å². The van der Waals surface area contributed by atoms with Gasteiger partial charge < -0.3 is 24.6 Å². The van der Waals surface area contributed by atoms with Crippen LogP contribution in [-0.2, 0) is 11.3 Å². The molecular formula is C26H31NO4. The molecule has 0 aromatic heterocycles. The Bertz CT molecular complexity index is 945. The summed E-state index contributed by atoms with van der Waals surface area (Å²) < 4.78 is 16.8. The molecule has 5 heteroatoms. The van der Waals surface area contributed by atoms with Crippen molar-refractivity contribution in [2.45, 2.75) is 25.7 Å². The van der Waals surface area contributed by atoms with Gasteiger partial charge >= 0.3 is 0 Å². The molecule has 0 saturated heterocycles. The molecule has 0 fully saturated rings. The van der Waals surface area contributed by atoms with Crippen LogP contribution in [0.25, 0.3) is 0 Å². The van der Waals surface area contributed by atoms with E-state index in [9.17, 15) is 5.11 Å². The third kappa shape index (κ3) is 6.31. The second kappa shape index (κ2) is 11.5. The lowest BCUT2D eigenvalue weighted by atomic mass is 9.97. The first-order valence-corrected chi connectivity index (χ1v) is 10.4. The zero-order valence-corrected chi connectivity index (χ0v) is 18.4. The molecule has 0 radical (unpaired) electrons. The van der Waals surface area contributed by atoms with Gasteiger partial charge in [-0.25, -0.2) is 0 Å². The van der Waals surface area contributed by atoms with Gasteiger partial charge in [-0.05, 0) is 41.3 Å². The van der Waals surface area contributed by atoms with E-state index in [1.54, 1.807) is 14.2 Å². The van der Waals surface area contributed by atoms with Crippen LogP contribution in [0.4, 0.5) is 0 Å². The van der Waals surface area contributed by atoms with Crippen molar-refractivity contribution in [3.63, 3.8) is 0 Å². The minimum absolute atomic E-state index is 0.220. The number of aliphatic hydroxyl groups excluding tert-OH is 1. The highest BCUT2D eigenvalue weighted by Gasteiger charge is 2.18. The third-order valence-corrected chi connectivity index (χ3v) is 5.19. The normalized spacial score (nSPS) is 12.9. The molecule has 0 unspecified atom stereocenters. The van der Waals surface area contributed by atoms with Gasteiger partial charge in [0.25, 0.3) is 0 Å². The maximum atomic E-state index is 10.5. The number of aryl methyl sites for hydroxylation is 1. The number of hydrogen-bond acceptors (Lipinski definition) is 5. The molecule has 3 aromatic carbocycles. The van der Waals surface area contributed by atoms with Gasteiger partial charge in [-0.2, -0.15) is 0 Å². The van der Waals surface area contributed by atoms with Crippen molar-refractivity contribution < 1.29 is 19.3 Å². The Labute approximate surface area is 184 Å². The molecule has 3 rings (SSSR count). The van der Waals surface area contributed by atoms with Crippen LogP contribution in [0.2, 0.25) is 0 Å². The molecular weight excluding hydrogens is 390 g/mol. The first-order valence-electron chi connectivity index (χ1n) is 10.4. The van der Waals surface area contributed by atoms with E-state index in [-0.39, 0.29) is 12.7 Å². The van der Waals surface area contributed by atoms with Crippen molar-refractivity contribution in [2.75, 3.05) is 27.4 Å². The second-order valence-corrected chi connectivity index (χ2v) is 7.45. The predicted octanol–water partition coefficient (Wildman–Crippen LogP) is 4.27. The minimum atomic E-state index is -0.629. The highest BCUT2D eigenvalue weighted by atomic mass is 16.5. The summed E-state index contributed by atoms with van der Waals surface area (Å²) in [4.78, 5) is 0. The minimum Gasteiger partial charge on any atom is -0.493 e. The monoisotopic (exact) mass is 421 g/mol. The Hall–Kier alpha value is -2.86. The fourth-order valence-corrected chi connectivity index (χ4v) is 3.51. The molecule has 2 N–H and O–H groups in total. The summed E-state index contributed by atoms with van der Waals surface area (Å²) in [5.74, 6) is 1.39. The number of methoxy groups -OCH3 is 2. The fourth-order valence-electron chi connectivity index (χ4n) is 3.51. The van der Waals surface area contributed by atoms with Crippen LogP contribution < -0.4 is 14.8 Å². The first kappa shape index (κ1) is 22.8. The number of aliphatic hydroxyl groups is 1. The molecule has 0 bridgehead atoms. The Morgan fingerprint density at radius 2 is 1.58 bits per heavy atom. The van der Waals surface area contributed by atoms with Crippen LogP contribution in [-0.4, -0.2) is 38.6 Å². The summed E-state index contributed by atoms with van der Waals surface area (Å²) >= 11 is 0. The number of nitrogens with one attached hydrogen (secondary N) is 1. The molecule has 0 spiro atoms. The first-order chi connectivity index (χ1) is 15.1. The van der Waals surface area contributed by atoms with Gasteiger partial charge in [0.05, 0.1) is 26.9 Å². The summed E-state index contributed by atoms with van der Waals surface area (Å²) in [5, 5.41) is 13.8. The van der Waals surface area contributed by atoms with Crippen LogP contribution in [0.3, 0.4) is 0 Å². The van der Waals surface area contributed by atoms with E-state index in [0.717, 1.165) is 22.3 Å². The molecule has 0 saturated carbocycles. The second-order valence-electron chi connectivity index (χ2n) is 7.45. The highest BCUT2D eigenvalue weighted by Crippen LogP contribution is 2.29. The standard InChI is InChI=1S/C26H31NO4/c1-19-9-7-8-12-23(19)26(21-10-5-4-6-11-21)31-18-22(28)17-27-16-20-13-14-24(29-2)25(15-20)30-3/h4-15,22,26-28H,16-18H2,1-3H3/t22-,26-/m0/s1. The lowest BCUT2D eigenvalue weighted by Gasteiger charge is -2.22. The quantitative estimate of drug-likeness (QED) is 0.484. The highest BCUT2D eigenvalue weighted by molar-refractivity contribution is 5.42. The average Bonchev–Trinajstić information content (AvgIpc) is 2.81. The van der Waals surface area contributed by atoms with Crippen LogP contribution >= 0.6 is 0 Å². The molecule has 5 nitrogen and oxygen atoms in total. The van der Waals surface area contributed by atoms with Gasteiger partial charge in [-0.1, -0.05) is 60.7 Å². The van der Waals surface area contributed by atoms with Gasteiger partial charge in [-0.15, -0.1) is 0 Å². The van der Waals surface area contributed by atoms with Crippen molar-refractivity contribution >= 4 is 0 Å². The maximum absolute atomic E-state index is 10.5. The summed E-state index contributed by atoms with van der Waals surface area (Å²) in [6.07, 6.45) is -0.849. The van der Waals surface area contributed by atoms with E-state index in [0.29, 0.717) is 24.6 Å². The molecule has 0 aliphatic carbocycles. The van der Waals surface area contributed by atoms with Crippen LogP contribution in [0, 0.1) is 6.92 Å². The molecule has 3 aromatic rings. The predicted molar refractivity (Wildman–Crippen MR) is 123 cm³/mol. The topological polar surface area (TPSA) is 60.0 Å². The number of hydrogen-bond donors (Lipinski definition) is 2. The fraction of sp³-hybridized carbons (Fsp3) is 0.308. The number of benzene rings is 3. The lowest BCUT2D eigenvalue weighted by Crippen LogP contribution is -2.30. The Kier molecular flexibility index (Phi) is 8.47. The molecule has 164 valence electrons. The summed E-state index contributed by atoms with van der Waals surface area (Å²) in [5.41, 5.74) is 4.40. The summed E-state index contributed by atoms with van der Waals surface area (Å²) in [6.45, 7) is 3.34. The maximum Gasteiger partial charge on any atom is 0.161 e. The zero-order valence-electron chi connectivity index (χ0n) is 18.4. The Morgan fingerprint density at radius 1 is 0.871 bits per heavy atom. The van der Waals surface area contributed by atoms with Crippen LogP contribution in [0.1, 0.15) is 28.4 Å². The molecule has 0 aliphatic rings. The average molecular weight is 422 g/mol. The summed E-state index contributed by atoms with van der Waals surface area (Å²) in [6, 6.07) is 24.1. The molecule has 2 atom stereocenters. The number of rotatable bonds is 11. The van der Waals surface area contributed by atoms with E-state index in [1.165, 1.54) is 0 Å². The zero-order chi connectivity index (χ0) is 22.1. The van der Waals surface area contributed by atoms with Crippen LogP contribution in [0.15, 0.2) is 72.8 Å². The van der Waals surface area contributed by atoms with E-state index < -0.39 is 6.10 Å². The van der Waals surface area contributed by atoms with Crippen molar-refractivity contribution in [2.24, 2.45) is 0 Å². The van der Waals surface area contributed by atoms with Crippen molar-refractivity contribution in [3.05, 3.63) is 95.1 Å². The Balaban J connectivity index is 1.56. The Morgan fingerprint density at radius 3 is 2.29 bits per heavy atom. The molecule has 31 heavy (non-hydrogen) atoms. The SMILES string of the molecule is COc1ccc(CNC[C@H](O)CO[C@@H](c2ccccc2)c2ccccc2C)cc1OC. The van der Waals surface area contributed by atoms with Gasteiger partial charge in [0.15, 0.2) is 11.5 Å². The molecule has 0 aliphatic heterocycles. The van der Waals surface area contributed by atoms with E-state index >= 15 is 0 Å². The van der Waals surface area contributed by atoms with Crippen molar-refractivity contribution in [3.8, 4) is 11.5 Å². The largest absolute Gasteiger partial charge is 0.493 e. The van der Waals surface area contributed by atoms with Gasteiger partial charge in [0.2, 0.25) is 0 Å². The van der Waals surface area contributed by atoms with Gasteiger partial charge in [0.1, 0.15) is 6.10 Å².